The van der Waals surface area contributed by atoms with Crippen LogP contribution in [0.3, 0.4) is 0 Å². The largest absolute Gasteiger partial charge is 0.394 e. The predicted octanol–water partition coefficient (Wildman–Crippen LogP) is 1.29. The molecule has 4 atom stereocenters. The summed E-state index contributed by atoms with van der Waals surface area (Å²) in [6.45, 7) is 3.29. The van der Waals surface area contributed by atoms with Gasteiger partial charge in [-0.3, -0.25) is 4.79 Å². The molecule has 0 saturated carbocycles. The third-order valence-electron chi connectivity index (χ3n) is 3.95. The first kappa shape index (κ1) is 23.8. The third kappa shape index (κ3) is 14.8. The van der Waals surface area contributed by atoms with E-state index >= 15 is 0 Å². The zero-order valence-electron chi connectivity index (χ0n) is 15.5. The van der Waals surface area contributed by atoms with Gasteiger partial charge >= 0.3 is 0 Å². The quantitative estimate of drug-likeness (QED) is 0.183. The lowest BCUT2D eigenvalue weighted by Gasteiger charge is -2.15. The first-order valence-electron chi connectivity index (χ1n) is 9.14. The average molecular weight is 357 g/mol. The molecule has 0 aromatic heterocycles. The molecule has 0 aliphatic carbocycles. The monoisotopic (exact) mass is 357 g/mol. The Morgan fingerprint density at radius 3 is 2.20 bits per heavy atom. The summed E-state index contributed by atoms with van der Waals surface area (Å²) in [5.74, 6) is 0.0746. The standard InChI is InChI=1S/C19H35NO5/c1-15(9-5-3-4-6-11-16(2)22)10-7-8-12-19(25)20-13-17(23)18(24)14-21/h7-8,10,12,15-18,21-24H,3-6,9,11,13-14H2,1-2H3,(H,20,25)/b10-7-,12-8+/t15-,16+,17+,18-/m1/s1. The molecule has 0 aromatic carbocycles. The van der Waals surface area contributed by atoms with Gasteiger partial charge in [-0.25, -0.2) is 0 Å². The van der Waals surface area contributed by atoms with Crippen molar-refractivity contribution in [2.45, 2.75) is 70.7 Å². The summed E-state index contributed by atoms with van der Waals surface area (Å²) in [6.07, 6.45) is 10.8. The van der Waals surface area contributed by atoms with Crippen LogP contribution in [-0.4, -0.2) is 57.8 Å². The Kier molecular flexibility index (Phi) is 14.3. The molecule has 0 bridgehead atoms. The zero-order chi connectivity index (χ0) is 19.1. The van der Waals surface area contributed by atoms with Crippen LogP contribution < -0.4 is 5.32 Å². The molecule has 0 heterocycles. The molecule has 25 heavy (non-hydrogen) atoms. The van der Waals surface area contributed by atoms with Crippen molar-refractivity contribution in [1.82, 2.24) is 5.32 Å². The molecule has 6 heteroatoms. The first-order chi connectivity index (χ1) is 11.9. The molecule has 0 fully saturated rings. The second-order valence-corrected chi connectivity index (χ2v) is 6.62. The van der Waals surface area contributed by atoms with Crippen LogP contribution in [0.2, 0.25) is 0 Å². The number of hydrogen-bond donors (Lipinski definition) is 5. The average Bonchev–Trinajstić information content (AvgIpc) is 2.58. The van der Waals surface area contributed by atoms with Gasteiger partial charge in [-0.15, -0.1) is 0 Å². The van der Waals surface area contributed by atoms with Crippen molar-refractivity contribution in [1.29, 1.82) is 0 Å². The van der Waals surface area contributed by atoms with E-state index < -0.39 is 18.8 Å². The summed E-state index contributed by atoms with van der Waals surface area (Å²) in [7, 11) is 0. The predicted molar refractivity (Wildman–Crippen MR) is 98.9 cm³/mol. The molecular formula is C19H35NO5. The number of aliphatic hydroxyl groups excluding tert-OH is 4. The van der Waals surface area contributed by atoms with Gasteiger partial charge in [0.15, 0.2) is 0 Å². The summed E-state index contributed by atoms with van der Waals surface area (Å²) >= 11 is 0. The van der Waals surface area contributed by atoms with Gasteiger partial charge in [-0.2, -0.15) is 0 Å². The van der Waals surface area contributed by atoms with Crippen molar-refractivity contribution in [3.63, 3.8) is 0 Å². The molecule has 5 N–H and O–H groups in total. The maximum atomic E-state index is 11.5. The van der Waals surface area contributed by atoms with E-state index in [1.165, 1.54) is 12.5 Å². The minimum Gasteiger partial charge on any atom is -0.394 e. The maximum absolute atomic E-state index is 11.5. The van der Waals surface area contributed by atoms with E-state index in [2.05, 4.69) is 12.2 Å². The van der Waals surface area contributed by atoms with E-state index in [0.717, 1.165) is 32.1 Å². The van der Waals surface area contributed by atoms with Crippen LogP contribution in [0.25, 0.3) is 0 Å². The van der Waals surface area contributed by atoms with Crippen LogP contribution in [0.1, 0.15) is 52.4 Å². The van der Waals surface area contributed by atoms with E-state index in [0.29, 0.717) is 5.92 Å². The van der Waals surface area contributed by atoms with E-state index in [1.54, 1.807) is 6.08 Å². The number of unbranched alkanes of at least 4 members (excludes halogenated alkanes) is 3. The van der Waals surface area contributed by atoms with Gasteiger partial charge in [0.2, 0.25) is 5.91 Å². The van der Waals surface area contributed by atoms with E-state index in [1.807, 2.05) is 19.1 Å². The molecule has 1 amide bonds. The third-order valence-corrected chi connectivity index (χ3v) is 3.95. The second-order valence-electron chi connectivity index (χ2n) is 6.62. The molecule has 0 aromatic rings. The Balaban J connectivity index is 3.79. The molecule has 0 radical (unpaired) electrons. The van der Waals surface area contributed by atoms with Gasteiger partial charge in [-0.1, -0.05) is 50.8 Å². The summed E-state index contributed by atoms with van der Waals surface area (Å²) in [5.41, 5.74) is 0. The highest BCUT2D eigenvalue weighted by Crippen LogP contribution is 2.13. The number of rotatable bonds is 14. The lowest BCUT2D eigenvalue weighted by Crippen LogP contribution is -2.40. The minimum atomic E-state index is -1.25. The number of carbonyl (C=O) groups is 1. The van der Waals surface area contributed by atoms with Crippen LogP contribution in [-0.2, 0) is 4.79 Å². The maximum Gasteiger partial charge on any atom is 0.244 e. The Morgan fingerprint density at radius 2 is 1.60 bits per heavy atom. The number of amides is 1. The number of allylic oxidation sites excluding steroid dienone is 3. The molecule has 146 valence electrons. The second kappa shape index (κ2) is 15.1. The van der Waals surface area contributed by atoms with Crippen molar-refractivity contribution in [3.8, 4) is 0 Å². The summed E-state index contributed by atoms with van der Waals surface area (Å²) in [5, 5.41) is 38.9. The molecule has 0 aliphatic heterocycles. The lowest BCUT2D eigenvalue weighted by molar-refractivity contribution is -0.117. The molecule has 0 saturated heterocycles. The van der Waals surface area contributed by atoms with Crippen LogP contribution in [0.4, 0.5) is 0 Å². The number of nitrogens with one attached hydrogen (secondary N) is 1. The summed E-state index contributed by atoms with van der Waals surface area (Å²) in [6, 6.07) is 0. The van der Waals surface area contributed by atoms with Crippen molar-refractivity contribution >= 4 is 5.91 Å². The van der Waals surface area contributed by atoms with E-state index in [4.69, 9.17) is 10.2 Å². The smallest absolute Gasteiger partial charge is 0.244 e. The molecule has 0 rings (SSSR count). The van der Waals surface area contributed by atoms with Crippen molar-refractivity contribution in [3.05, 3.63) is 24.3 Å². The van der Waals surface area contributed by atoms with Crippen LogP contribution in [0, 0.1) is 5.92 Å². The van der Waals surface area contributed by atoms with Crippen molar-refractivity contribution in [2.24, 2.45) is 5.92 Å². The van der Waals surface area contributed by atoms with Gasteiger partial charge in [0, 0.05) is 12.6 Å². The SMILES string of the molecule is C[C@H](O)CCCCCC[C@@H](C)/C=C\C=C\C(=O)NC[C@H](O)[C@H](O)CO. The number of aliphatic hydroxyl groups is 4. The fourth-order valence-corrected chi connectivity index (χ4v) is 2.27. The Morgan fingerprint density at radius 1 is 0.960 bits per heavy atom. The van der Waals surface area contributed by atoms with Crippen LogP contribution in [0.15, 0.2) is 24.3 Å². The molecular weight excluding hydrogens is 322 g/mol. The van der Waals surface area contributed by atoms with Gasteiger partial charge < -0.3 is 25.7 Å². The lowest BCUT2D eigenvalue weighted by atomic mass is 10.0. The van der Waals surface area contributed by atoms with Crippen molar-refractivity contribution < 1.29 is 25.2 Å². The normalized spacial score (nSPS) is 16.9. The van der Waals surface area contributed by atoms with Gasteiger partial charge in [0.05, 0.1) is 18.8 Å². The van der Waals surface area contributed by atoms with E-state index in [-0.39, 0.29) is 18.6 Å². The van der Waals surface area contributed by atoms with Gasteiger partial charge in [0.1, 0.15) is 6.10 Å². The van der Waals surface area contributed by atoms with E-state index in [9.17, 15) is 15.0 Å². The van der Waals surface area contributed by atoms with Gasteiger partial charge in [-0.05, 0) is 25.7 Å². The molecule has 6 nitrogen and oxygen atoms in total. The number of carbonyl (C=O) groups excluding carboxylic acids is 1. The molecule has 0 spiro atoms. The fraction of sp³-hybridized carbons (Fsp3) is 0.737. The van der Waals surface area contributed by atoms with Gasteiger partial charge in [0.25, 0.3) is 0 Å². The molecule has 0 unspecified atom stereocenters. The Bertz CT molecular complexity index is 395. The van der Waals surface area contributed by atoms with Crippen LogP contribution in [0.5, 0.6) is 0 Å². The Labute approximate surface area is 151 Å². The topological polar surface area (TPSA) is 110 Å². The molecule has 0 aliphatic rings. The summed E-state index contributed by atoms with van der Waals surface area (Å²) < 4.78 is 0. The number of hydrogen-bond acceptors (Lipinski definition) is 5. The summed E-state index contributed by atoms with van der Waals surface area (Å²) in [4.78, 5) is 11.5. The van der Waals surface area contributed by atoms with Crippen LogP contribution >= 0.6 is 0 Å². The van der Waals surface area contributed by atoms with Crippen molar-refractivity contribution in [2.75, 3.05) is 13.2 Å². The Hall–Kier alpha value is -1.21. The zero-order valence-corrected chi connectivity index (χ0v) is 15.5. The fourth-order valence-electron chi connectivity index (χ4n) is 2.27. The highest BCUT2D eigenvalue weighted by atomic mass is 16.4. The first-order valence-corrected chi connectivity index (χ1v) is 9.14. The minimum absolute atomic E-state index is 0.111. The highest BCUT2D eigenvalue weighted by Gasteiger charge is 2.14. The highest BCUT2D eigenvalue weighted by molar-refractivity contribution is 5.87.